The normalized spacial score (nSPS) is 13.3. The van der Waals surface area contributed by atoms with E-state index in [1.807, 2.05) is 0 Å². The molecule has 0 aliphatic rings. The second-order valence-electron chi connectivity index (χ2n) is 7.37. The van der Waals surface area contributed by atoms with E-state index in [2.05, 4.69) is 81.2 Å². The molecular weight excluding hydrogens is 282 g/mol. The van der Waals surface area contributed by atoms with E-state index in [0.717, 1.165) is 32.1 Å². The highest BCUT2D eigenvalue weighted by molar-refractivity contribution is 5.22. The standard InChI is InChI=1S/C20H37N3/c1-7-18(4)15-22(5)12-13-23(6)16-20-10-8-19(9-11-20)14-21-17(2)3/h8-11,17-18,21H,7,12-16H2,1-6H3. The SMILES string of the molecule is CCC(C)CN(C)CCN(C)Cc1ccc(CNC(C)C)cc1. The number of benzene rings is 1. The van der Waals surface area contributed by atoms with Crippen LogP contribution in [0.1, 0.15) is 45.2 Å². The molecular formula is C20H37N3. The molecule has 132 valence electrons. The molecule has 0 heterocycles. The van der Waals surface area contributed by atoms with Crippen LogP contribution in [0.3, 0.4) is 0 Å². The maximum Gasteiger partial charge on any atom is 0.0231 e. The molecule has 0 aromatic heterocycles. The van der Waals surface area contributed by atoms with Crippen molar-refractivity contribution in [2.45, 2.75) is 53.2 Å². The minimum Gasteiger partial charge on any atom is -0.310 e. The highest BCUT2D eigenvalue weighted by Gasteiger charge is 2.06. The van der Waals surface area contributed by atoms with Gasteiger partial charge in [-0.05, 0) is 31.1 Å². The van der Waals surface area contributed by atoms with Gasteiger partial charge in [-0.1, -0.05) is 58.4 Å². The quantitative estimate of drug-likeness (QED) is 0.672. The lowest BCUT2D eigenvalue weighted by Gasteiger charge is -2.24. The topological polar surface area (TPSA) is 18.5 Å². The van der Waals surface area contributed by atoms with Crippen molar-refractivity contribution in [2.24, 2.45) is 5.92 Å². The molecule has 3 heteroatoms. The molecule has 0 aliphatic carbocycles. The second kappa shape index (κ2) is 10.8. The van der Waals surface area contributed by atoms with Crippen LogP contribution in [0.4, 0.5) is 0 Å². The van der Waals surface area contributed by atoms with Gasteiger partial charge < -0.3 is 15.1 Å². The lowest BCUT2D eigenvalue weighted by atomic mass is 10.1. The number of rotatable bonds is 11. The number of likely N-dealkylation sites (N-methyl/N-ethyl adjacent to an activating group) is 2. The lowest BCUT2D eigenvalue weighted by Crippen LogP contribution is -2.33. The second-order valence-corrected chi connectivity index (χ2v) is 7.37. The van der Waals surface area contributed by atoms with E-state index >= 15 is 0 Å². The van der Waals surface area contributed by atoms with Crippen molar-refractivity contribution < 1.29 is 0 Å². The smallest absolute Gasteiger partial charge is 0.0231 e. The maximum atomic E-state index is 3.46. The Kier molecular flexibility index (Phi) is 9.46. The van der Waals surface area contributed by atoms with Crippen LogP contribution in [0.25, 0.3) is 0 Å². The van der Waals surface area contributed by atoms with Crippen molar-refractivity contribution in [3.05, 3.63) is 35.4 Å². The fraction of sp³-hybridized carbons (Fsp3) is 0.700. The lowest BCUT2D eigenvalue weighted by molar-refractivity contribution is 0.230. The molecule has 1 N–H and O–H groups in total. The van der Waals surface area contributed by atoms with Crippen molar-refractivity contribution in [1.29, 1.82) is 0 Å². The Labute approximate surface area is 144 Å². The number of nitrogens with zero attached hydrogens (tertiary/aromatic N) is 2. The van der Waals surface area contributed by atoms with Crippen molar-refractivity contribution in [3.63, 3.8) is 0 Å². The third kappa shape index (κ3) is 9.09. The fourth-order valence-corrected chi connectivity index (χ4v) is 2.57. The summed E-state index contributed by atoms with van der Waals surface area (Å²) in [4.78, 5) is 4.86. The third-order valence-electron chi connectivity index (χ3n) is 4.37. The van der Waals surface area contributed by atoms with Gasteiger partial charge in [-0.15, -0.1) is 0 Å². The summed E-state index contributed by atoms with van der Waals surface area (Å²) >= 11 is 0. The minimum atomic E-state index is 0.535. The summed E-state index contributed by atoms with van der Waals surface area (Å²) in [6, 6.07) is 9.54. The van der Waals surface area contributed by atoms with E-state index in [4.69, 9.17) is 0 Å². The molecule has 0 aliphatic heterocycles. The molecule has 1 rings (SSSR count). The summed E-state index contributed by atoms with van der Waals surface area (Å²) in [7, 11) is 4.45. The zero-order valence-corrected chi connectivity index (χ0v) is 16.1. The first-order chi connectivity index (χ1) is 10.9. The monoisotopic (exact) mass is 319 g/mol. The Hall–Kier alpha value is -0.900. The predicted molar refractivity (Wildman–Crippen MR) is 102 cm³/mol. The third-order valence-corrected chi connectivity index (χ3v) is 4.37. The van der Waals surface area contributed by atoms with Gasteiger partial charge in [0.1, 0.15) is 0 Å². The molecule has 0 saturated heterocycles. The van der Waals surface area contributed by atoms with E-state index in [-0.39, 0.29) is 0 Å². The fourth-order valence-electron chi connectivity index (χ4n) is 2.57. The Morgan fingerprint density at radius 1 is 0.913 bits per heavy atom. The molecule has 0 radical (unpaired) electrons. The Balaban J connectivity index is 2.32. The van der Waals surface area contributed by atoms with Crippen LogP contribution < -0.4 is 5.32 Å². The van der Waals surface area contributed by atoms with Gasteiger partial charge in [0.05, 0.1) is 0 Å². The zero-order valence-electron chi connectivity index (χ0n) is 16.1. The van der Waals surface area contributed by atoms with Crippen LogP contribution in [0, 0.1) is 5.92 Å². The molecule has 1 unspecified atom stereocenters. The summed E-state index contributed by atoms with van der Waals surface area (Å²) in [6.45, 7) is 14.4. The van der Waals surface area contributed by atoms with Gasteiger partial charge >= 0.3 is 0 Å². The molecule has 1 aromatic rings. The van der Waals surface area contributed by atoms with Crippen LogP contribution in [0.5, 0.6) is 0 Å². The molecule has 1 atom stereocenters. The summed E-state index contributed by atoms with van der Waals surface area (Å²) in [6.07, 6.45) is 1.26. The number of hydrogen-bond donors (Lipinski definition) is 1. The van der Waals surface area contributed by atoms with Crippen LogP contribution in [-0.4, -0.2) is 49.6 Å². The van der Waals surface area contributed by atoms with Gasteiger partial charge in [-0.3, -0.25) is 0 Å². The largest absolute Gasteiger partial charge is 0.310 e. The summed E-state index contributed by atoms with van der Waals surface area (Å²) in [5.74, 6) is 0.789. The molecule has 23 heavy (non-hydrogen) atoms. The van der Waals surface area contributed by atoms with Gasteiger partial charge in [0.2, 0.25) is 0 Å². The Morgan fingerprint density at radius 2 is 1.48 bits per heavy atom. The van der Waals surface area contributed by atoms with Crippen molar-refractivity contribution in [3.8, 4) is 0 Å². The van der Waals surface area contributed by atoms with Gasteiger partial charge in [-0.25, -0.2) is 0 Å². The van der Waals surface area contributed by atoms with Crippen molar-refractivity contribution in [1.82, 2.24) is 15.1 Å². The summed E-state index contributed by atoms with van der Waals surface area (Å²) in [5.41, 5.74) is 2.75. The van der Waals surface area contributed by atoms with Crippen LogP contribution in [0.15, 0.2) is 24.3 Å². The molecule has 3 nitrogen and oxygen atoms in total. The summed E-state index contributed by atoms with van der Waals surface area (Å²) < 4.78 is 0. The molecule has 0 bridgehead atoms. The van der Waals surface area contributed by atoms with Crippen LogP contribution >= 0.6 is 0 Å². The average Bonchev–Trinajstić information content (AvgIpc) is 2.52. The molecule has 0 saturated carbocycles. The van der Waals surface area contributed by atoms with Crippen LogP contribution in [0.2, 0.25) is 0 Å². The molecule has 1 aromatic carbocycles. The van der Waals surface area contributed by atoms with Crippen LogP contribution in [-0.2, 0) is 13.1 Å². The maximum absolute atomic E-state index is 3.46. The zero-order chi connectivity index (χ0) is 17.2. The first-order valence-electron chi connectivity index (χ1n) is 9.09. The molecule has 0 amide bonds. The Bertz CT molecular complexity index is 413. The van der Waals surface area contributed by atoms with Gasteiger partial charge in [0.15, 0.2) is 0 Å². The first-order valence-corrected chi connectivity index (χ1v) is 9.09. The Morgan fingerprint density at radius 3 is 2.04 bits per heavy atom. The molecule has 0 spiro atoms. The highest BCUT2D eigenvalue weighted by atomic mass is 15.2. The average molecular weight is 320 g/mol. The van der Waals surface area contributed by atoms with E-state index in [0.29, 0.717) is 6.04 Å². The predicted octanol–water partition coefficient (Wildman–Crippen LogP) is 3.59. The van der Waals surface area contributed by atoms with E-state index in [1.165, 1.54) is 24.1 Å². The van der Waals surface area contributed by atoms with Crippen molar-refractivity contribution in [2.75, 3.05) is 33.7 Å². The minimum absolute atomic E-state index is 0.535. The van der Waals surface area contributed by atoms with Gasteiger partial charge in [0, 0.05) is 38.8 Å². The van der Waals surface area contributed by atoms with Crippen molar-refractivity contribution >= 4 is 0 Å². The van der Waals surface area contributed by atoms with Gasteiger partial charge in [-0.2, -0.15) is 0 Å². The number of hydrogen-bond acceptors (Lipinski definition) is 3. The summed E-state index contributed by atoms with van der Waals surface area (Å²) in [5, 5.41) is 3.46. The highest BCUT2D eigenvalue weighted by Crippen LogP contribution is 2.08. The van der Waals surface area contributed by atoms with Gasteiger partial charge in [0.25, 0.3) is 0 Å². The molecule has 0 fully saturated rings. The number of nitrogens with one attached hydrogen (secondary N) is 1. The van der Waals surface area contributed by atoms with E-state index in [9.17, 15) is 0 Å². The first kappa shape index (κ1) is 20.1. The van der Waals surface area contributed by atoms with E-state index < -0.39 is 0 Å². The van der Waals surface area contributed by atoms with E-state index in [1.54, 1.807) is 0 Å².